The summed E-state index contributed by atoms with van der Waals surface area (Å²) in [5, 5.41) is 0. The average molecular weight is 251 g/mol. The first kappa shape index (κ1) is 14.0. The molecule has 0 saturated heterocycles. The summed E-state index contributed by atoms with van der Waals surface area (Å²) >= 11 is 0. The lowest BCUT2D eigenvalue weighted by Crippen LogP contribution is -2.27. The third-order valence-corrected chi connectivity index (χ3v) is 2.39. The van der Waals surface area contributed by atoms with Crippen LogP contribution in [0.25, 0.3) is 0 Å². The maximum atomic E-state index is 11.6. The van der Waals surface area contributed by atoms with Crippen molar-refractivity contribution in [3.8, 4) is 0 Å². The molecule has 1 heterocycles. The van der Waals surface area contributed by atoms with Crippen molar-refractivity contribution in [3.05, 3.63) is 23.9 Å². The molecule has 0 N–H and O–H groups in total. The molecule has 0 aliphatic rings. The molecule has 0 aromatic carbocycles. The zero-order chi connectivity index (χ0) is 13.7. The number of hydrogen-bond donors (Lipinski definition) is 0. The fourth-order valence-electron chi connectivity index (χ4n) is 1.34. The first-order valence-electron chi connectivity index (χ1n) is 5.41. The van der Waals surface area contributed by atoms with Gasteiger partial charge in [-0.3, -0.25) is 9.59 Å². The van der Waals surface area contributed by atoms with Gasteiger partial charge in [-0.2, -0.15) is 0 Å². The molecule has 1 aromatic rings. The van der Waals surface area contributed by atoms with E-state index in [-0.39, 0.29) is 18.4 Å². The molecule has 1 aromatic heterocycles. The van der Waals surface area contributed by atoms with Crippen molar-refractivity contribution in [1.82, 2.24) is 9.88 Å². The number of carbonyl (C=O) groups is 2. The van der Waals surface area contributed by atoms with Gasteiger partial charge in [0.1, 0.15) is 12.4 Å². The number of aromatic nitrogens is 1. The predicted octanol–water partition coefficient (Wildman–Crippen LogP) is 0.393. The van der Waals surface area contributed by atoms with E-state index in [1.165, 1.54) is 18.2 Å². The van der Waals surface area contributed by atoms with Gasteiger partial charge in [0.05, 0.1) is 12.7 Å². The lowest BCUT2D eigenvalue weighted by molar-refractivity contribution is -0.138. The SMILES string of the molecule is COC(=O)CN(C)c1ccc(C(=O)N(C)C)cn1. The van der Waals surface area contributed by atoms with Crippen LogP contribution in [0, 0.1) is 0 Å². The molecule has 0 fully saturated rings. The highest BCUT2D eigenvalue weighted by molar-refractivity contribution is 5.93. The van der Waals surface area contributed by atoms with Crippen LogP contribution in [0.5, 0.6) is 0 Å². The number of rotatable bonds is 4. The molecule has 18 heavy (non-hydrogen) atoms. The second kappa shape index (κ2) is 6.00. The van der Waals surface area contributed by atoms with E-state index < -0.39 is 0 Å². The van der Waals surface area contributed by atoms with Crippen molar-refractivity contribution in [2.75, 3.05) is 39.7 Å². The van der Waals surface area contributed by atoms with E-state index in [0.29, 0.717) is 11.4 Å². The number of anilines is 1. The predicted molar refractivity (Wildman–Crippen MR) is 67.5 cm³/mol. The maximum absolute atomic E-state index is 11.6. The van der Waals surface area contributed by atoms with E-state index in [1.54, 1.807) is 38.2 Å². The largest absolute Gasteiger partial charge is 0.468 e. The summed E-state index contributed by atoms with van der Waals surface area (Å²) in [5.41, 5.74) is 0.509. The normalized spacial score (nSPS) is 9.78. The molecule has 0 saturated carbocycles. The fourth-order valence-corrected chi connectivity index (χ4v) is 1.34. The summed E-state index contributed by atoms with van der Waals surface area (Å²) in [6.07, 6.45) is 1.49. The van der Waals surface area contributed by atoms with Gasteiger partial charge in [0, 0.05) is 27.3 Å². The summed E-state index contributed by atoms with van der Waals surface area (Å²) in [4.78, 5) is 30.0. The molecule has 6 heteroatoms. The van der Waals surface area contributed by atoms with Crippen molar-refractivity contribution < 1.29 is 14.3 Å². The quantitative estimate of drug-likeness (QED) is 0.724. The molecule has 0 spiro atoms. The van der Waals surface area contributed by atoms with Crippen molar-refractivity contribution in [2.45, 2.75) is 0 Å². The molecule has 0 atom stereocenters. The van der Waals surface area contributed by atoms with Gasteiger partial charge in [-0.1, -0.05) is 0 Å². The minimum Gasteiger partial charge on any atom is -0.468 e. The van der Waals surface area contributed by atoms with Crippen molar-refractivity contribution >= 4 is 17.7 Å². The number of methoxy groups -OCH3 is 1. The Kier molecular flexibility index (Phi) is 4.65. The Hall–Kier alpha value is -2.11. The highest BCUT2D eigenvalue weighted by Gasteiger charge is 2.11. The number of pyridine rings is 1. The van der Waals surface area contributed by atoms with Gasteiger partial charge in [0.15, 0.2) is 0 Å². The van der Waals surface area contributed by atoms with Crippen LogP contribution in [-0.4, -0.2) is 56.6 Å². The minimum absolute atomic E-state index is 0.107. The Balaban J connectivity index is 2.76. The molecular formula is C12H17N3O3. The molecule has 0 aliphatic heterocycles. The second-order valence-electron chi connectivity index (χ2n) is 4.04. The minimum atomic E-state index is -0.340. The Morgan fingerprint density at radius 3 is 2.39 bits per heavy atom. The average Bonchev–Trinajstić information content (AvgIpc) is 2.37. The molecule has 1 rings (SSSR count). The highest BCUT2D eigenvalue weighted by Crippen LogP contribution is 2.10. The monoisotopic (exact) mass is 251 g/mol. The molecule has 6 nitrogen and oxygen atoms in total. The van der Waals surface area contributed by atoms with E-state index >= 15 is 0 Å². The Labute approximate surface area is 106 Å². The Morgan fingerprint density at radius 2 is 1.94 bits per heavy atom. The zero-order valence-electron chi connectivity index (χ0n) is 11.0. The summed E-state index contributed by atoms with van der Waals surface area (Å²) in [5.74, 6) is 0.160. The van der Waals surface area contributed by atoms with Crippen LogP contribution in [0.3, 0.4) is 0 Å². The van der Waals surface area contributed by atoms with Crippen molar-refractivity contribution in [3.63, 3.8) is 0 Å². The number of likely N-dealkylation sites (N-methyl/N-ethyl adjacent to an activating group) is 1. The topological polar surface area (TPSA) is 62.7 Å². The van der Waals surface area contributed by atoms with Gasteiger partial charge in [0.2, 0.25) is 0 Å². The molecule has 0 aliphatic carbocycles. The first-order chi connectivity index (χ1) is 8.45. The number of ether oxygens (including phenoxy) is 1. The lowest BCUT2D eigenvalue weighted by Gasteiger charge is -2.17. The van der Waals surface area contributed by atoms with E-state index in [1.807, 2.05) is 0 Å². The van der Waals surface area contributed by atoms with E-state index in [0.717, 1.165) is 0 Å². The van der Waals surface area contributed by atoms with Gasteiger partial charge >= 0.3 is 5.97 Å². The van der Waals surface area contributed by atoms with E-state index in [4.69, 9.17) is 0 Å². The number of carbonyl (C=O) groups excluding carboxylic acids is 2. The maximum Gasteiger partial charge on any atom is 0.325 e. The van der Waals surface area contributed by atoms with Crippen LogP contribution >= 0.6 is 0 Å². The van der Waals surface area contributed by atoms with Crippen LogP contribution < -0.4 is 4.90 Å². The number of esters is 1. The third-order valence-electron chi connectivity index (χ3n) is 2.39. The molecule has 0 radical (unpaired) electrons. The van der Waals surface area contributed by atoms with Crippen LogP contribution in [0.4, 0.5) is 5.82 Å². The number of amides is 1. The van der Waals surface area contributed by atoms with E-state index in [9.17, 15) is 9.59 Å². The molecule has 1 amide bonds. The molecule has 98 valence electrons. The van der Waals surface area contributed by atoms with E-state index in [2.05, 4.69) is 9.72 Å². The molecule has 0 bridgehead atoms. The standard InChI is InChI=1S/C12H17N3O3/c1-14(2)12(17)9-5-6-10(13-7-9)15(3)8-11(16)18-4/h5-7H,8H2,1-4H3. The molecular weight excluding hydrogens is 234 g/mol. The smallest absolute Gasteiger partial charge is 0.325 e. The second-order valence-corrected chi connectivity index (χ2v) is 4.04. The van der Waals surface area contributed by atoms with Crippen LogP contribution in [-0.2, 0) is 9.53 Å². The van der Waals surface area contributed by atoms with Gasteiger partial charge in [-0.15, -0.1) is 0 Å². The van der Waals surface area contributed by atoms with Crippen LogP contribution in [0.15, 0.2) is 18.3 Å². The summed E-state index contributed by atoms with van der Waals surface area (Å²) < 4.78 is 4.57. The highest BCUT2D eigenvalue weighted by atomic mass is 16.5. The Morgan fingerprint density at radius 1 is 1.28 bits per heavy atom. The van der Waals surface area contributed by atoms with Gasteiger partial charge in [0.25, 0.3) is 5.91 Å². The summed E-state index contributed by atoms with van der Waals surface area (Å²) in [6, 6.07) is 3.37. The van der Waals surface area contributed by atoms with Gasteiger partial charge in [-0.05, 0) is 12.1 Å². The number of nitrogens with zero attached hydrogens (tertiary/aromatic N) is 3. The van der Waals surface area contributed by atoms with Gasteiger partial charge < -0.3 is 14.5 Å². The lowest BCUT2D eigenvalue weighted by atomic mass is 10.2. The summed E-state index contributed by atoms with van der Waals surface area (Å²) in [6.45, 7) is 0.116. The fraction of sp³-hybridized carbons (Fsp3) is 0.417. The number of hydrogen-bond acceptors (Lipinski definition) is 5. The third kappa shape index (κ3) is 3.44. The van der Waals surface area contributed by atoms with Gasteiger partial charge in [-0.25, -0.2) is 4.98 Å². The zero-order valence-corrected chi connectivity index (χ0v) is 11.0. The molecule has 0 unspecified atom stereocenters. The van der Waals surface area contributed by atoms with Crippen molar-refractivity contribution in [2.24, 2.45) is 0 Å². The van der Waals surface area contributed by atoms with Crippen LogP contribution in [0.2, 0.25) is 0 Å². The Bertz CT molecular complexity index is 429. The first-order valence-corrected chi connectivity index (χ1v) is 5.41. The summed E-state index contributed by atoms with van der Waals surface area (Å²) in [7, 11) is 6.42. The van der Waals surface area contributed by atoms with Crippen LogP contribution in [0.1, 0.15) is 10.4 Å². The van der Waals surface area contributed by atoms with Crippen molar-refractivity contribution in [1.29, 1.82) is 0 Å².